The van der Waals surface area contributed by atoms with Crippen molar-refractivity contribution in [3.8, 4) is 12.3 Å². The highest BCUT2D eigenvalue weighted by Gasteiger charge is 2.29. The third kappa shape index (κ3) is 4.54. The standard InChI is InChI=1S/C20H21F3N4O/c1-2-3-12-27-18(28)16-13-24-10-9-17(16)26-19(27)25-11-8-14-4-6-15(7-5-14)20(21,22)23/h1,4-7,24H,3,8-13H2,(H,25,26). The Morgan fingerprint density at radius 1 is 1.29 bits per heavy atom. The van der Waals surface area contributed by atoms with Crippen molar-refractivity contribution in [1.82, 2.24) is 14.9 Å². The van der Waals surface area contributed by atoms with Crippen LogP contribution >= 0.6 is 0 Å². The molecular formula is C20H21F3N4O. The molecule has 2 N–H and O–H groups in total. The number of rotatable bonds is 6. The predicted molar refractivity (Wildman–Crippen MR) is 101 cm³/mol. The van der Waals surface area contributed by atoms with Crippen LogP contribution in [0, 0.1) is 12.3 Å². The topological polar surface area (TPSA) is 59.0 Å². The summed E-state index contributed by atoms with van der Waals surface area (Å²) in [5.74, 6) is 2.98. The molecule has 28 heavy (non-hydrogen) atoms. The van der Waals surface area contributed by atoms with Gasteiger partial charge in [0.05, 0.1) is 16.8 Å². The highest BCUT2D eigenvalue weighted by Crippen LogP contribution is 2.29. The highest BCUT2D eigenvalue weighted by molar-refractivity contribution is 5.34. The maximum absolute atomic E-state index is 12.8. The van der Waals surface area contributed by atoms with E-state index in [9.17, 15) is 18.0 Å². The van der Waals surface area contributed by atoms with Gasteiger partial charge in [-0.25, -0.2) is 4.98 Å². The van der Waals surface area contributed by atoms with Crippen molar-refractivity contribution in [1.29, 1.82) is 0 Å². The minimum Gasteiger partial charge on any atom is -0.355 e. The van der Waals surface area contributed by atoms with Gasteiger partial charge in [0.2, 0.25) is 5.95 Å². The third-order valence-electron chi connectivity index (χ3n) is 4.65. The molecular weight excluding hydrogens is 369 g/mol. The molecule has 0 unspecified atom stereocenters. The molecule has 0 saturated carbocycles. The molecule has 8 heteroatoms. The van der Waals surface area contributed by atoms with Gasteiger partial charge in [-0.3, -0.25) is 9.36 Å². The lowest BCUT2D eigenvalue weighted by atomic mass is 10.1. The van der Waals surface area contributed by atoms with Gasteiger partial charge in [-0.15, -0.1) is 12.3 Å². The van der Waals surface area contributed by atoms with E-state index < -0.39 is 11.7 Å². The average Bonchev–Trinajstić information content (AvgIpc) is 2.67. The number of fused-ring (bicyclic) bond motifs is 1. The van der Waals surface area contributed by atoms with E-state index in [4.69, 9.17) is 6.42 Å². The predicted octanol–water partition coefficient (Wildman–Crippen LogP) is 2.59. The molecule has 2 heterocycles. The first-order valence-electron chi connectivity index (χ1n) is 9.07. The second-order valence-electron chi connectivity index (χ2n) is 6.57. The minimum atomic E-state index is -4.34. The Morgan fingerprint density at radius 3 is 2.71 bits per heavy atom. The summed E-state index contributed by atoms with van der Waals surface area (Å²) < 4.78 is 39.5. The van der Waals surface area contributed by atoms with Crippen molar-refractivity contribution in [3.63, 3.8) is 0 Å². The van der Waals surface area contributed by atoms with Crippen LogP contribution in [0.1, 0.15) is 28.8 Å². The van der Waals surface area contributed by atoms with Gasteiger partial charge < -0.3 is 10.6 Å². The summed E-state index contributed by atoms with van der Waals surface area (Å²) in [4.78, 5) is 17.4. The maximum Gasteiger partial charge on any atom is 0.416 e. The van der Waals surface area contributed by atoms with E-state index >= 15 is 0 Å². The number of terminal acetylenes is 1. The molecule has 0 aliphatic carbocycles. The Balaban J connectivity index is 1.73. The van der Waals surface area contributed by atoms with E-state index in [1.54, 1.807) is 4.57 Å². The fraction of sp³-hybridized carbons (Fsp3) is 0.400. The van der Waals surface area contributed by atoms with Gasteiger partial charge >= 0.3 is 6.18 Å². The minimum absolute atomic E-state index is 0.107. The van der Waals surface area contributed by atoms with E-state index in [0.29, 0.717) is 50.4 Å². The first kappa shape index (κ1) is 20.0. The summed E-state index contributed by atoms with van der Waals surface area (Å²) in [6.45, 7) is 2.05. The zero-order chi connectivity index (χ0) is 20.1. The summed E-state index contributed by atoms with van der Waals surface area (Å²) in [6, 6.07) is 5.06. The molecule has 0 amide bonds. The van der Waals surface area contributed by atoms with Gasteiger partial charge in [-0.2, -0.15) is 13.2 Å². The molecule has 1 aliphatic rings. The first-order chi connectivity index (χ1) is 13.4. The Hall–Kier alpha value is -2.79. The van der Waals surface area contributed by atoms with E-state index in [2.05, 4.69) is 21.5 Å². The van der Waals surface area contributed by atoms with Gasteiger partial charge in [-0.05, 0) is 24.1 Å². The number of nitrogens with zero attached hydrogens (tertiary/aromatic N) is 2. The molecule has 1 aromatic heterocycles. The van der Waals surface area contributed by atoms with E-state index in [0.717, 1.165) is 29.9 Å². The Labute approximate surface area is 161 Å². The molecule has 0 spiro atoms. The second kappa shape index (κ2) is 8.48. The summed E-state index contributed by atoms with van der Waals surface area (Å²) in [6.07, 6.45) is 2.57. The van der Waals surface area contributed by atoms with E-state index in [1.165, 1.54) is 12.1 Å². The zero-order valence-electron chi connectivity index (χ0n) is 15.3. The molecule has 0 atom stereocenters. The van der Waals surface area contributed by atoms with Gasteiger partial charge in [0.25, 0.3) is 5.56 Å². The number of hydrogen-bond donors (Lipinski definition) is 2. The molecule has 2 aromatic rings. The number of alkyl halides is 3. The molecule has 0 radical (unpaired) electrons. The largest absolute Gasteiger partial charge is 0.416 e. The zero-order valence-corrected chi connectivity index (χ0v) is 15.3. The van der Waals surface area contributed by atoms with Crippen molar-refractivity contribution < 1.29 is 13.2 Å². The summed E-state index contributed by atoms with van der Waals surface area (Å²) in [5, 5.41) is 6.32. The quantitative estimate of drug-likeness (QED) is 0.745. The van der Waals surface area contributed by atoms with Crippen LogP contribution in [0.2, 0.25) is 0 Å². The van der Waals surface area contributed by atoms with Gasteiger partial charge in [0.15, 0.2) is 0 Å². The summed E-state index contributed by atoms with van der Waals surface area (Å²) in [7, 11) is 0. The van der Waals surface area contributed by atoms with Gasteiger partial charge in [0, 0.05) is 39.0 Å². The molecule has 3 rings (SSSR count). The first-order valence-corrected chi connectivity index (χ1v) is 9.07. The average molecular weight is 390 g/mol. The number of benzene rings is 1. The van der Waals surface area contributed by atoms with Crippen LogP contribution in [0.3, 0.4) is 0 Å². The number of aromatic nitrogens is 2. The molecule has 148 valence electrons. The Kier molecular flexibility index (Phi) is 6.05. The van der Waals surface area contributed by atoms with Crippen molar-refractivity contribution >= 4 is 5.95 Å². The van der Waals surface area contributed by atoms with Crippen LogP contribution in [0.15, 0.2) is 29.1 Å². The van der Waals surface area contributed by atoms with Crippen molar-refractivity contribution in [2.45, 2.75) is 38.5 Å². The summed E-state index contributed by atoms with van der Waals surface area (Å²) >= 11 is 0. The monoisotopic (exact) mass is 390 g/mol. The van der Waals surface area contributed by atoms with Gasteiger partial charge in [0.1, 0.15) is 0 Å². The Bertz CT molecular complexity index is 927. The number of halogens is 3. The number of hydrogen-bond acceptors (Lipinski definition) is 4. The maximum atomic E-state index is 12.8. The number of nitrogens with one attached hydrogen (secondary N) is 2. The van der Waals surface area contributed by atoms with Crippen molar-refractivity contribution in [3.05, 3.63) is 57.0 Å². The number of anilines is 1. The van der Waals surface area contributed by atoms with E-state index in [-0.39, 0.29) is 5.56 Å². The Morgan fingerprint density at radius 2 is 2.04 bits per heavy atom. The van der Waals surface area contributed by atoms with Crippen molar-refractivity contribution in [2.24, 2.45) is 0 Å². The summed E-state index contributed by atoms with van der Waals surface area (Å²) in [5.41, 5.74) is 1.43. The van der Waals surface area contributed by atoms with Crippen LogP contribution in [0.5, 0.6) is 0 Å². The fourth-order valence-electron chi connectivity index (χ4n) is 3.14. The van der Waals surface area contributed by atoms with Crippen LogP contribution in [-0.4, -0.2) is 22.6 Å². The lowest BCUT2D eigenvalue weighted by Gasteiger charge is -2.20. The fourth-order valence-corrected chi connectivity index (χ4v) is 3.14. The lowest BCUT2D eigenvalue weighted by molar-refractivity contribution is -0.137. The second-order valence-corrected chi connectivity index (χ2v) is 6.57. The lowest BCUT2D eigenvalue weighted by Crippen LogP contribution is -2.36. The van der Waals surface area contributed by atoms with Gasteiger partial charge in [-0.1, -0.05) is 12.1 Å². The molecule has 0 fully saturated rings. The molecule has 1 aromatic carbocycles. The highest BCUT2D eigenvalue weighted by atomic mass is 19.4. The molecule has 0 bridgehead atoms. The smallest absolute Gasteiger partial charge is 0.355 e. The molecule has 0 saturated heterocycles. The van der Waals surface area contributed by atoms with Crippen LogP contribution in [0.25, 0.3) is 0 Å². The van der Waals surface area contributed by atoms with Crippen LogP contribution < -0.4 is 16.2 Å². The molecule has 1 aliphatic heterocycles. The molecule has 5 nitrogen and oxygen atoms in total. The van der Waals surface area contributed by atoms with E-state index in [1.807, 2.05) is 0 Å². The van der Waals surface area contributed by atoms with Crippen LogP contribution in [0.4, 0.5) is 19.1 Å². The van der Waals surface area contributed by atoms with Crippen molar-refractivity contribution in [2.75, 3.05) is 18.4 Å². The normalized spacial score (nSPS) is 13.6. The SMILES string of the molecule is C#CCCn1c(NCCc2ccc(C(F)(F)F)cc2)nc2c(c1=O)CNCC2. The van der Waals surface area contributed by atoms with Crippen LogP contribution in [-0.2, 0) is 32.1 Å². The third-order valence-corrected chi connectivity index (χ3v) is 4.65.